The Kier molecular flexibility index (Phi) is 4.62. The Hall–Kier alpha value is -1.31. The van der Waals surface area contributed by atoms with E-state index >= 15 is 0 Å². The van der Waals surface area contributed by atoms with Crippen LogP contribution in [0.4, 0.5) is 0 Å². The molecule has 104 valence electrons. The second kappa shape index (κ2) is 6.23. The van der Waals surface area contributed by atoms with Gasteiger partial charge in [-0.3, -0.25) is 0 Å². The van der Waals surface area contributed by atoms with Crippen LogP contribution in [0.15, 0.2) is 6.07 Å². The molecular formula is C15H23N3O. The molecule has 2 rings (SSSR count). The molecule has 0 saturated carbocycles. The molecule has 4 nitrogen and oxygen atoms in total. The molecule has 0 amide bonds. The first-order valence-corrected chi connectivity index (χ1v) is 7.00. The van der Waals surface area contributed by atoms with E-state index in [1.165, 1.54) is 11.3 Å². The minimum Gasteiger partial charge on any atom is -0.381 e. The lowest BCUT2D eigenvalue weighted by molar-refractivity contribution is 0.0558. The maximum atomic E-state index is 9.03. The van der Waals surface area contributed by atoms with Crippen LogP contribution in [0.5, 0.6) is 0 Å². The van der Waals surface area contributed by atoms with Crippen LogP contribution < -0.4 is 5.32 Å². The van der Waals surface area contributed by atoms with Crippen LogP contribution in [0.3, 0.4) is 0 Å². The first-order chi connectivity index (χ1) is 9.13. The second-order valence-corrected chi connectivity index (χ2v) is 5.43. The molecule has 0 radical (unpaired) electrons. The first kappa shape index (κ1) is 14.1. The quantitative estimate of drug-likeness (QED) is 0.903. The molecule has 19 heavy (non-hydrogen) atoms. The van der Waals surface area contributed by atoms with E-state index in [4.69, 9.17) is 10.00 Å². The lowest BCUT2D eigenvalue weighted by atomic mass is 9.93. The molecule has 1 N–H and O–H groups in total. The maximum Gasteiger partial charge on any atom is 0.120 e. The largest absolute Gasteiger partial charge is 0.381 e. The summed E-state index contributed by atoms with van der Waals surface area (Å²) in [5.74, 6) is 0.702. The molecular weight excluding hydrogens is 238 g/mol. The number of nitrogens with zero attached hydrogens (tertiary/aromatic N) is 2. The minimum absolute atomic E-state index is 0.494. The SMILES string of the molecule is Cc1c(CNC(C)C2CCOCC2)cc(C#N)n1C. The Balaban J connectivity index is 1.93. The average molecular weight is 261 g/mol. The Bertz CT molecular complexity index is 466. The Labute approximate surface area is 115 Å². The molecule has 0 aromatic carbocycles. The van der Waals surface area contributed by atoms with Crippen molar-refractivity contribution in [3.8, 4) is 6.07 Å². The van der Waals surface area contributed by atoms with Crippen molar-refractivity contribution in [2.45, 2.75) is 39.3 Å². The van der Waals surface area contributed by atoms with Crippen molar-refractivity contribution in [1.82, 2.24) is 9.88 Å². The molecule has 0 aliphatic carbocycles. The number of aromatic nitrogens is 1. The number of hydrogen-bond acceptors (Lipinski definition) is 3. The van der Waals surface area contributed by atoms with E-state index in [0.717, 1.165) is 38.3 Å². The minimum atomic E-state index is 0.494. The highest BCUT2D eigenvalue weighted by Crippen LogP contribution is 2.19. The van der Waals surface area contributed by atoms with Gasteiger partial charge in [-0.05, 0) is 44.2 Å². The summed E-state index contributed by atoms with van der Waals surface area (Å²) in [6, 6.07) is 4.71. The molecule has 1 fully saturated rings. The van der Waals surface area contributed by atoms with Gasteiger partial charge in [0, 0.05) is 38.5 Å². The lowest BCUT2D eigenvalue weighted by Crippen LogP contribution is -2.36. The van der Waals surface area contributed by atoms with Crippen LogP contribution in [0.2, 0.25) is 0 Å². The summed E-state index contributed by atoms with van der Waals surface area (Å²) in [6.45, 7) is 6.93. The molecule has 0 spiro atoms. The van der Waals surface area contributed by atoms with Gasteiger partial charge < -0.3 is 14.6 Å². The topological polar surface area (TPSA) is 50.0 Å². The molecule has 1 unspecified atom stereocenters. The fourth-order valence-corrected chi connectivity index (χ4v) is 2.70. The molecule has 1 aromatic heterocycles. The zero-order valence-electron chi connectivity index (χ0n) is 12.1. The normalized spacial score (nSPS) is 18.2. The number of rotatable bonds is 4. The van der Waals surface area contributed by atoms with Crippen molar-refractivity contribution in [1.29, 1.82) is 5.26 Å². The van der Waals surface area contributed by atoms with Crippen molar-refractivity contribution in [3.63, 3.8) is 0 Å². The van der Waals surface area contributed by atoms with Crippen molar-refractivity contribution in [2.24, 2.45) is 13.0 Å². The summed E-state index contributed by atoms with van der Waals surface area (Å²) in [5, 5.41) is 12.6. The van der Waals surface area contributed by atoms with Gasteiger partial charge in [-0.25, -0.2) is 0 Å². The highest BCUT2D eigenvalue weighted by atomic mass is 16.5. The summed E-state index contributed by atoms with van der Waals surface area (Å²) in [4.78, 5) is 0. The number of nitrogens with one attached hydrogen (secondary N) is 1. The highest BCUT2D eigenvalue weighted by molar-refractivity contribution is 5.34. The molecule has 1 aliphatic heterocycles. The summed E-state index contributed by atoms with van der Waals surface area (Å²) in [5.41, 5.74) is 3.12. The van der Waals surface area contributed by atoms with Gasteiger partial charge in [0.05, 0.1) is 0 Å². The third-order valence-corrected chi connectivity index (χ3v) is 4.34. The molecule has 4 heteroatoms. The van der Waals surface area contributed by atoms with Gasteiger partial charge in [-0.15, -0.1) is 0 Å². The zero-order valence-corrected chi connectivity index (χ0v) is 12.1. The fourth-order valence-electron chi connectivity index (χ4n) is 2.70. The van der Waals surface area contributed by atoms with Crippen LogP contribution in [0.1, 0.15) is 36.7 Å². The van der Waals surface area contributed by atoms with Crippen molar-refractivity contribution in [3.05, 3.63) is 23.0 Å². The third kappa shape index (κ3) is 3.17. The van der Waals surface area contributed by atoms with Crippen LogP contribution in [0.25, 0.3) is 0 Å². The van der Waals surface area contributed by atoms with E-state index in [-0.39, 0.29) is 0 Å². The van der Waals surface area contributed by atoms with Gasteiger partial charge >= 0.3 is 0 Å². The van der Waals surface area contributed by atoms with Crippen LogP contribution in [-0.4, -0.2) is 23.8 Å². The Morgan fingerprint density at radius 1 is 1.53 bits per heavy atom. The third-order valence-electron chi connectivity index (χ3n) is 4.34. The monoisotopic (exact) mass is 261 g/mol. The van der Waals surface area contributed by atoms with Gasteiger partial charge in [0.15, 0.2) is 0 Å². The van der Waals surface area contributed by atoms with Gasteiger partial charge in [-0.2, -0.15) is 5.26 Å². The van der Waals surface area contributed by atoms with Gasteiger partial charge in [-0.1, -0.05) is 0 Å². The molecule has 2 heterocycles. The van der Waals surface area contributed by atoms with E-state index in [1.807, 2.05) is 17.7 Å². The van der Waals surface area contributed by atoms with E-state index in [2.05, 4.69) is 25.2 Å². The second-order valence-electron chi connectivity index (χ2n) is 5.43. The van der Waals surface area contributed by atoms with Gasteiger partial charge in [0.2, 0.25) is 0 Å². The van der Waals surface area contributed by atoms with E-state index in [0.29, 0.717) is 12.0 Å². The van der Waals surface area contributed by atoms with Crippen molar-refractivity contribution < 1.29 is 4.74 Å². The molecule has 0 bridgehead atoms. The Morgan fingerprint density at radius 3 is 2.79 bits per heavy atom. The van der Waals surface area contributed by atoms with Gasteiger partial charge in [0.1, 0.15) is 11.8 Å². The summed E-state index contributed by atoms with van der Waals surface area (Å²) in [6.07, 6.45) is 2.29. The summed E-state index contributed by atoms with van der Waals surface area (Å²) in [7, 11) is 1.94. The highest BCUT2D eigenvalue weighted by Gasteiger charge is 2.20. The van der Waals surface area contributed by atoms with E-state index < -0.39 is 0 Å². The number of nitriles is 1. The van der Waals surface area contributed by atoms with Crippen LogP contribution >= 0.6 is 0 Å². The molecule has 1 atom stereocenters. The Morgan fingerprint density at radius 2 is 2.21 bits per heavy atom. The smallest absolute Gasteiger partial charge is 0.120 e. The maximum absolute atomic E-state index is 9.03. The van der Waals surface area contributed by atoms with Crippen molar-refractivity contribution >= 4 is 0 Å². The van der Waals surface area contributed by atoms with Crippen LogP contribution in [-0.2, 0) is 18.3 Å². The number of ether oxygens (including phenoxy) is 1. The molecule has 1 aliphatic rings. The predicted octanol–water partition coefficient (Wildman–Crippen LogP) is 2.11. The summed E-state index contributed by atoms with van der Waals surface area (Å²) < 4.78 is 7.35. The fraction of sp³-hybridized carbons (Fsp3) is 0.667. The van der Waals surface area contributed by atoms with Gasteiger partial charge in [0.25, 0.3) is 0 Å². The van der Waals surface area contributed by atoms with Crippen molar-refractivity contribution in [2.75, 3.05) is 13.2 Å². The molecule has 1 saturated heterocycles. The first-order valence-electron chi connectivity index (χ1n) is 7.00. The zero-order chi connectivity index (χ0) is 13.8. The lowest BCUT2D eigenvalue weighted by Gasteiger charge is -2.28. The standard InChI is InChI=1S/C15H23N3O/c1-11(13-4-6-19-7-5-13)17-10-14-8-15(9-16)18(3)12(14)2/h8,11,13,17H,4-7,10H2,1-3H3. The summed E-state index contributed by atoms with van der Waals surface area (Å²) >= 11 is 0. The van der Waals surface area contributed by atoms with E-state index in [9.17, 15) is 0 Å². The number of hydrogen-bond donors (Lipinski definition) is 1. The average Bonchev–Trinajstić information content (AvgIpc) is 2.73. The van der Waals surface area contributed by atoms with Crippen LogP contribution in [0, 0.1) is 24.2 Å². The van der Waals surface area contributed by atoms with E-state index in [1.54, 1.807) is 0 Å². The predicted molar refractivity (Wildman–Crippen MR) is 74.7 cm³/mol. The molecule has 1 aromatic rings.